The lowest BCUT2D eigenvalue weighted by atomic mass is 10.1. The number of fused-ring (bicyclic) bond motifs is 1. The summed E-state index contributed by atoms with van der Waals surface area (Å²) >= 11 is -0.962. The third-order valence-electron chi connectivity index (χ3n) is 3.93. The average Bonchev–Trinajstić information content (AvgIpc) is 2.75. The molecule has 0 aliphatic carbocycles. The average molecular weight is 358 g/mol. The molecule has 0 bridgehead atoms. The highest BCUT2D eigenvalue weighted by Crippen LogP contribution is 2.25. The van der Waals surface area contributed by atoms with Gasteiger partial charge in [0.15, 0.2) is 0 Å². The van der Waals surface area contributed by atoms with Crippen molar-refractivity contribution in [2.24, 2.45) is 0 Å². The lowest BCUT2D eigenvalue weighted by Crippen LogP contribution is -2.11. The Bertz CT molecular complexity index is 1170. The van der Waals surface area contributed by atoms with Crippen LogP contribution in [0.4, 0.5) is 0 Å². The maximum Gasteiger partial charge on any atom is 0.881 e. The summed E-state index contributed by atoms with van der Waals surface area (Å²) in [5, 5.41) is 0.709. The summed E-state index contributed by atoms with van der Waals surface area (Å²) in [7, 11) is 0. The fourth-order valence-corrected chi connectivity index (χ4v) is 3.23. The van der Waals surface area contributed by atoms with E-state index in [1.54, 1.807) is 18.2 Å². The maximum absolute atomic E-state index is 8.14. The number of hydrogen-bond acceptors (Lipinski definition) is 3. The molecule has 1 aromatic heterocycles. The first-order valence-corrected chi connectivity index (χ1v) is 9.07. The molecule has 3 nitrogen and oxygen atoms in total. The van der Waals surface area contributed by atoms with Gasteiger partial charge in [-0.1, -0.05) is 60.7 Å². The lowest BCUT2D eigenvalue weighted by molar-refractivity contribution is 0.461. The van der Waals surface area contributed by atoms with Crippen LogP contribution >= 0.6 is 0 Å². The zero-order valence-corrected chi connectivity index (χ0v) is 15.0. The summed E-state index contributed by atoms with van der Waals surface area (Å²) in [5.41, 5.74) is 2.53. The van der Waals surface area contributed by atoms with Gasteiger partial charge >= 0.3 is 15.9 Å². The molecule has 0 atom stereocenters. The Morgan fingerprint density at radius 2 is 1.65 bits per heavy atom. The minimum absolute atomic E-state index is 0.0298. The zero-order chi connectivity index (χ0) is 21.1. The van der Waals surface area contributed by atoms with Crippen molar-refractivity contribution in [2.45, 2.75) is 6.85 Å². The van der Waals surface area contributed by atoms with Gasteiger partial charge in [0, 0.05) is 15.2 Å². The van der Waals surface area contributed by atoms with Crippen molar-refractivity contribution >= 4 is 26.8 Å². The van der Waals surface area contributed by atoms with Gasteiger partial charge in [0.1, 0.15) is 11.3 Å². The molecule has 0 fully saturated rings. The second kappa shape index (κ2) is 7.62. The summed E-state index contributed by atoms with van der Waals surface area (Å²) in [6, 6.07) is 24.3. The van der Waals surface area contributed by atoms with Crippen molar-refractivity contribution in [2.75, 3.05) is 0 Å². The molecule has 0 unspecified atom stereocenters. The quantitative estimate of drug-likeness (QED) is 0.459. The smallest absolute Gasteiger partial charge is 0.616 e. The van der Waals surface area contributed by atoms with Crippen LogP contribution in [-0.2, 0) is 0 Å². The number of para-hydroxylation sites is 1. The number of rotatable bonds is 5. The molecule has 0 spiro atoms. The third kappa shape index (κ3) is 3.72. The van der Waals surface area contributed by atoms with E-state index in [4.69, 9.17) is 13.1 Å². The normalized spacial score (nSPS) is 13.2. The van der Waals surface area contributed by atoms with Crippen LogP contribution < -0.4 is 7.58 Å². The highest BCUT2D eigenvalue weighted by Gasteiger charge is 2.10. The Hall–Kier alpha value is -2.80. The SMILES string of the molecule is [2H]c1ccc2ccc(C([2H])([2H])[2H])nc2c1[O][Al][O]c1ccc(-c2ccccc2)cc1. The molecule has 125 valence electrons. The Morgan fingerprint density at radius 3 is 2.46 bits per heavy atom. The first kappa shape index (κ1) is 12.5. The molecule has 0 saturated heterocycles. The van der Waals surface area contributed by atoms with Gasteiger partial charge in [-0.15, -0.1) is 0 Å². The summed E-state index contributed by atoms with van der Waals surface area (Å²) in [4.78, 5) is 4.23. The molecule has 0 amide bonds. The van der Waals surface area contributed by atoms with Gasteiger partial charge in [-0.3, -0.25) is 0 Å². The van der Waals surface area contributed by atoms with Crippen molar-refractivity contribution in [1.29, 1.82) is 0 Å². The first-order valence-electron chi connectivity index (χ1n) is 10.1. The molecule has 4 rings (SSSR count). The number of pyridine rings is 1. The van der Waals surface area contributed by atoms with Crippen LogP contribution in [0.2, 0.25) is 0 Å². The van der Waals surface area contributed by atoms with Crippen LogP contribution in [0.25, 0.3) is 22.0 Å². The first-order chi connectivity index (χ1) is 14.4. The van der Waals surface area contributed by atoms with Crippen LogP contribution in [0.1, 0.15) is 11.2 Å². The monoisotopic (exact) mass is 358 g/mol. The molecule has 1 heterocycles. The van der Waals surface area contributed by atoms with Crippen LogP contribution in [0.3, 0.4) is 0 Å². The van der Waals surface area contributed by atoms with E-state index in [0.717, 1.165) is 11.1 Å². The largest absolute Gasteiger partial charge is 0.881 e. The summed E-state index contributed by atoms with van der Waals surface area (Å²) in [5.74, 6) is 0.891. The van der Waals surface area contributed by atoms with Crippen molar-refractivity contribution in [1.82, 2.24) is 4.98 Å². The molecule has 0 aliphatic rings. The second-order valence-corrected chi connectivity index (χ2v) is 6.33. The van der Waals surface area contributed by atoms with Crippen molar-refractivity contribution in [3.8, 4) is 22.6 Å². The van der Waals surface area contributed by atoms with Gasteiger partial charge in [0.2, 0.25) is 0 Å². The molecule has 0 aliphatic heterocycles. The summed E-state index contributed by atoms with van der Waals surface area (Å²) < 4.78 is 42.3. The number of benzene rings is 3. The van der Waals surface area contributed by atoms with Gasteiger partial charge in [-0.25, -0.2) is 4.98 Å². The number of nitrogens with zero attached hydrogens (tertiary/aromatic N) is 1. The highest BCUT2D eigenvalue weighted by atomic mass is 27.2. The van der Waals surface area contributed by atoms with Crippen LogP contribution in [-0.4, -0.2) is 20.9 Å². The number of hydrogen-bond donors (Lipinski definition) is 0. The Balaban J connectivity index is 1.50. The van der Waals surface area contributed by atoms with E-state index >= 15 is 0 Å². The Labute approximate surface area is 165 Å². The number of aromatic nitrogens is 1. The molecular formula is C22H17AlNO2. The van der Waals surface area contributed by atoms with Gasteiger partial charge in [-0.2, -0.15) is 0 Å². The molecule has 4 heteroatoms. The molecule has 3 aromatic carbocycles. The molecule has 26 heavy (non-hydrogen) atoms. The van der Waals surface area contributed by atoms with Gasteiger partial charge in [0.25, 0.3) is 0 Å². The standard InChI is InChI=1S/C12H10O.C10H9NO.Al/c13-12-8-6-11(7-9-12)10-4-2-1-3-5-10;1-7-5-6-8-3-2-4-9(12)10(8)11-7;/h1-9,13H;2-6,12H,1H3;/q;;+2/p-2/i;1D3,4D;. The van der Waals surface area contributed by atoms with E-state index < -0.39 is 22.7 Å². The third-order valence-corrected chi connectivity index (χ3v) is 4.63. The van der Waals surface area contributed by atoms with Crippen molar-refractivity contribution < 1.29 is 13.1 Å². The van der Waals surface area contributed by atoms with Gasteiger partial charge in [-0.05, 0) is 42.2 Å². The van der Waals surface area contributed by atoms with Crippen molar-refractivity contribution in [3.05, 3.63) is 90.6 Å². The van der Waals surface area contributed by atoms with E-state index in [9.17, 15) is 0 Å². The Kier molecular flexibility index (Phi) is 3.67. The summed E-state index contributed by atoms with van der Waals surface area (Å²) in [6.07, 6.45) is 0. The predicted molar refractivity (Wildman–Crippen MR) is 105 cm³/mol. The van der Waals surface area contributed by atoms with Crippen LogP contribution in [0.5, 0.6) is 11.5 Å². The van der Waals surface area contributed by atoms with E-state index in [-0.39, 0.29) is 17.5 Å². The predicted octanol–water partition coefficient (Wildman–Crippen LogP) is 5.20. The second-order valence-electron chi connectivity index (χ2n) is 5.66. The van der Waals surface area contributed by atoms with E-state index in [2.05, 4.69) is 4.98 Å². The summed E-state index contributed by atoms with van der Waals surface area (Å²) in [6.45, 7) is -2.33. The molecule has 1 radical (unpaired) electrons. The lowest BCUT2D eigenvalue weighted by Gasteiger charge is -2.11. The maximum atomic E-state index is 8.14. The highest BCUT2D eigenvalue weighted by molar-refractivity contribution is 6.21. The zero-order valence-electron chi connectivity index (χ0n) is 17.8. The Morgan fingerprint density at radius 1 is 0.846 bits per heavy atom. The van der Waals surface area contributed by atoms with Crippen LogP contribution in [0, 0.1) is 6.85 Å². The fourth-order valence-electron chi connectivity index (χ4n) is 2.64. The topological polar surface area (TPSA) is 31.4 Å². The minimum atomic E-state index is -2.33. The van der Waals surface area contributed by atoms with Crippen molar-refractivity contribution in [3.63, 3.8) is 0 Å². The van der Waals surface area contributed by atoms with E-state index in [1.165, 1.54) is 6.07 Å². The van der Waals surface area contributed by atoms with E-state index in [0.29, 0.717) is 16.7 Å². The molecular weight excluding hydrogens is 337 g/mol. The van der Waals surface area contributed by atoms with Gasteiger partial charge in [0.05, 0.1) is 7.12 Å². The fraction of sp³-hybridized carbons (Fsp3) is 0.0455. The van der Waals surface area contributed by atoms with Crippen LogP contribution in [0.15, 0.2) is 84.9 Å². The minimum Gasteiger partial charge on any atom is -0.616 e. The molecule has 0 saturated carbocycles. The molecule has 4 aromatic rings. The van der Waals surface area contributed by atoms with Gasteiger partial charge < -0.3 is 7.58 Å². The number of aryl methyl sites for hydroxylation is 1. The molecule has 0 N–H and O–H groups in total. The van der Waals surface area contributed by atoms with E-state index in [1.807, 2.05) is 54.6 Å².